The number of carbonyl (C=O) groups is 3. The standard InChI is InChI=1S/C22H28O8/c1-10(24)30-9-11(8-23)12-15(25)13-14(18(28)16(12)26)22(4)7-5-6-21(2,3)20(22)19(29)17(13)27/h11,20,23,25-26,28H,5-9H2,1-4H3/t11-,20-,22+/m0/s1. The first-order valence-electron chi connectivity index (χ1n) is 10.0. The molecule has 8 heteroatoms. The Hall–Kier alpha value is -2.61. The largest absolute Gasteiger partial charge is 0.507 e. The third kappa shape index (κ3) is 3.05. The molecule has 8 nitrogen and oxygen atoms in total. The van der Waals surface area contributed by atoms with Gasteiger partial charge in [-0.3, -0.25) is 14.4 Å². The molecule has 0 amide bonds. The van der Waals surface area contributed by atoms with E-state index >= 15 is 0 Å². The lowest BCUT2D eigenvalue weighted by Gasteiger charge is -2.52. The van der Waals surface area contributed by atoms with Crippen molar-refractivity contribution in [3.05, 3.63) is 16.7 Å². The van der Waals surface area contributed by atoms with Crippen molar-refractivity contribution >= 4 is 17.5 Å². The SMILES string of the molecule is CC(=O)OC[C@H](CO)c1c(O)c(O)c2c(c1O)C(=O)C(=O)[C@H]1C(C)(C)CCC[C@]21C. The van der Waals surface area contributed by atoms with Crippen molar-refractivity contribution in [3.63, 3.8) is 0 Å². The first kappa shape index (κ1) is 22.1. The third-order valence-corrected chi connectivity index (χ3v) is 6.79. The number of phenols is 3. The second-order valence-corrected chi connectivity index (χ2v) is 9.28. The summed E-state index contributed by atoms with van der Waals surface area (Å²) in [6.45, 7) is 5.70. The maximum absolute atomic E-state index is 13.1. The van der Waals surface area contributed by atoms with E-state index in [0.29, 0.717) is 6.42 Å². The molecular weight excluding hydrogens is 392 g/mol. The van der Waals surface area contributed by atoms with Crippen LogP contribution in [0.2, 0.25) is 0 Å². The predicted molar refractivity (Wildman–Crippen MR) is 106 cm³/mol. The first-order valence-corrected chi connectivity index (χ1v) is 10.0. The van der Waals surface area contributed by atoms with Crippen molar-refractivity contribution in [3.8, 4) is 17.2 Å². The predicted octanol–water partition coefficient (Wildman–Crippen LogP) is 2.29. The van der Waals surface area contributed by atoms with Gasteiger partial charge in [-0.1, -0.05) is 27.2 Å². The summed E-state index contributed by atoms with van der Waals surface area (Å²) in [5.41, 5.74) is -2.06. The van der Waals surface area contributed by atoms with Gasteiger partial charge in [0.1, 0.15) is 12.4 Å². The monoisotopic (exact) mass is 420 g/mol. The molecule has 1 aromatic carbocycles. The van der Waals surface area contributed by atoms with Gasteiger partial charge in [0.15, 0.2) is 11.5 Å². The van der Waals surface area contributed by atoms with Crippen LogP contribution in [-0.4, -0.2) is 51.2 Å². The Kier molecular flexibility index (Phi) is 5.35. The van der Waals surface area contributed by atoms with Gasteiger partial charge >= 0.3 is 5.97 Å². The van der Waals surface area contributed by atoms with Crippen LogP contribution in [0.5, 0.6) is 17.2 Å². The van der Waals surface area contributed by atoms with Crippen LogP contribution in [0.4, 0.5) is 0 Å². The summed E-state index contributed by atoms with van der Waals surface area (Å²) in [5, 5.41) is 42.3. The molecule has 1 saturated carbocycles. The molecule has 3 rings (SSSR count). The number of aliphatic hydroxyl groups is 1. The quantitative estimate of drug-likeness (QED) is 0.252. The Morgan fingerprint density at radius 2 is 1.73 bits per heavy atom. The Labute approximate surface area is 174 Å². The van der Waals surface area contributed by atoms with Gasteiger partial charge < -0.3 is 25.2 Å². The van der Waals surface area contributed by atoms with Crippen molar-refractivity contribution in [2.75, 3.05) is 13.2 Å². The van der Waals surface area contributed by atoms with Crippen LogP contribution >= 0.6 is 0 Å². The lowest BCUT2D eigenvalue weighted by molar-refractivity contribution is -0.141. The van der Waals surface area contributed by atoms with Crippen molar-refractivity contribution in [2.45, 2.75) is 58.3 Å². The van der Waals surface area contributed by atoms with Crippen LogP contribution < -0.4 is 0 Å². The highest BCUT2D eigenvalue weighted by molar-refractivity contribution is 6.47. The Balaban J connectivity index is 2.29. The van der Waals surface area contributed by atoms with E-state index in [4.69, 9.17) is 4.74 Å². The molecule has 164 valence electrons. The molecular formula is C22H28O8. The first-order chi connectivity index (χ1) is 13.9. The Morgan fingerprint density at radius 1 is 1.10 bits per heavy atom. The molecule has 4 N–H and O–H groups in total. The second-order valence-electron chi connectivity index (χ2n) is 9.28. The maximum atomic E-state index is 13.1. The normalized spacial score (nSPS) is 26.0. The molecule has 0 aliphatic heterocycles. The number of aliphatic hydroxyl groups excluding tert-OH is 1. The minimum Gasteiger partial charge on any atom is -0.507 e. The van der Waals surface area contributed by atoms with E-state index in [1.165, 1.54) is 0 Å². The van der Waals surface area contributed by atoms with E-state index < -0.39 is 64.1 Å². The van der Waals surface area contributed by atoms with E-state index in [9.17, 15) is 34.8 Å². The Morgan fingerprint density at radius 3 is 2.30 bits per heavy atom. The molecule has 0 spiro atoms. The van der Waals surface area contributed by atoms with E-state index in [2.05, 4.69) is 0 Å². The lowest BCUT2D eigenvalue weighted by atomic mass is 9.49. The van der Waals surface area contributed by atoms with Crippen molar-refractivity contribution in [1.29, 1.82) is 0 Å². The fraction of sp³-hybridized carbons (Fsp3) is 0.591. The minimum absolute atomic E-state index is 0.0628. The van der Waals surface area contributed by atoms with Crippen molar-refractivity contribution in [2.24, 2.45) is 11.3 Å². The van der Waals surface area contributed by atoms with Gasteiger partial charge in [0, 0.05) is 35.3 Å². The number of aromatic hydroxyl groups is 3. The summed E-state index contributed by atoms with van der Waals surface area (Å²) in [5.74, 6) is -5.96. The fourth-order valence-corrected chi connectivity index (χ4v) is 5.57. The molecule has 1 aromatic rings. The number of rotatable bonds is 4. The molecule has 30 heavy (non-hydrogen) atoms. The zero-order valence-electron chi connectivity index (χ0n) is 17.6. The molecule has 2 aliphatic rings. The van der Waals surface area contributed by atoms with Crippen LogP contribution in [0.1, 0.15) is 74.4 Å². The molecule has 1 fully saturated rings. The summed E-state index contributed by atoms with van der Waals surface area (Å²) in [6, 6.07) is 0. The average Bonchev–Trinajstić information content (AvgIpc) is 2.64. The van der Waals surface area contributed by atoms with Crippen LogP contribution in [-0.2, 0) is 19.7 Å². The van der Waals surface area contributed by atoms with Gasteiger partial charge in [-0.05, 0) is 18.3 Å². The van der Waals surface area contributed by atoms with Crippen molar-refractivity contribution < 1.29 is 39.5 Å². The van der Waals surface area contributed by atoms with Crippen LogP contribution in [0, 0.1) is 11.3 Å². The van der Waals surface area contributed by atoms with E-state index in [1.54, 1.807) is 6.92 Å². The number of carbonyl (C=O) groups excluding carboxylic acids is 3. The highest BCUT2D eigenvalue weighted by atomic mass is 16.5. The summed E-state index contributed by atoms with van der Waals surface area (Å²) < 4.78 is 4.87. The zero-order valence-corrected chi connectivity index (χ0v) is 17.6. The highest BCUT2D eigenvalue weighted by Gasteiger charge is 2.59. The maximum Gasteiger partial charge on any atom is 0.302 e. The van der Waals surface area contributed by atoms with Gasteiger partial charge in [-0.25, -0.2) is 0 Å². The second kappa shape index (κ2) is 7.27. The topological polar surface area (TPSA) is 141 Å². The molecule has 0 bridgehead atoms. The van der Waals surface area contributed by atoms with Gasteiger partial charge in [0.05, 0.1) is 12.2 Å². The molecule has 0 heterocycles. The number of ether oxygens (including phenoxy) is 1. The van der Waals surface area contributed by atoms with E-state index in [-0.39, 0.29) is 23.3 Å². The van der Waals surface area contributed by atoms with Gasteiger partial charge in [0.2, 0.25) is 11.6 Å². The highest BCUT2D eigenvalue weighted by Crippen LogP contribution is 2.61. The summed E-state index contributed by atoms with van der Waals surface area (Å²) >= 11 is 0. The number of fused-ring (bicyclic) bond motifs is 3. The van der Waals surface area contributed by atoms with Gasteiger partial charge in [-0.2, -0.15) is 0 Å². The molecule has 0 saturated heterocycles. The number of hydrogen-bond acceptors (Lipinski definition) is 8. The number of Topliss-reactive ketones (excluding diaryl/α,β-unsaturated/α-hetero) is 2. The molecule has 0 radical (unpaired) electrons. The third-order valence-electron chi connectivity index (χ3n) is 6.79. The summed E-state index contributed by atoms with van der Waals surface area (Å²) in [7, 11) is 0. The molecule has 3 atom stereocenters. The summed E-state index contributed by atoms with van der Waals surface area (Å²) in [4.78, 5) is 37.3. The van der Waals surface area contributed by atoms with E-state index in [1.807, 2.05) is 13.8 Å². The number of benzene rings is 1. The molecule has 0 aromatic heterocycles. The number of esters is 1. The number of ketones is 2. The van der Waals surface area contributed by atoms with Crippen LogP contribution in [0.15, 0.2) is 0 Å². The van der Waals surface area contributed by atoms with Crippen LogP contribution in [0.25, 0.3) is 0 Å². The number of hydrogen-bond donors (Lipinski definition) is 4. The zero-order chi connectivity index (χ0) is 22.6. The molecule has 2 aliphatic carbocycles. The smallest absolute Gasteiger partial charge is 0.302 e. The lowest BCUT2D eigenvalue weighted by Crippen LogP contribution is -2.54. The summed E-state index contributed by atoms with van der Waals surface area (Å²) in [6.07, 6.45) is 1.97. The Bertz CT molecular complexity index is 932. The van der Waals surface area contributed by atoms with Gasteiger partial charge in [-0.15, -0.1) is 0 Å². The van der Waals surface area contributed by atoms with Crippen molar-refractivity contribution in [1.82, 2.24) is 0 Å². The van der Waals surface area contributed by atoms with E-state index in [0.717, 1.165) is 19.8 Å². The van der Waals surface area contributed by atoms with Crippen LogP contribution in [0.3, 0.4) is 0 Å². The fourth-order valence-electron chi connectivity index (χ4n) is 5.57. The molecule has 0 unspecified atom stereocenters. The minimum atomic E-state index is -1.10. The number of phenolic OH excluding ortho intramolecular Hbond substituents is 3. The van der Waals surface area contributed by atoms with Gasteiger partial charge in [0.25, 0.3) is 0 Å². The average molecular weight is 420 g/mol.